The molecule has 0 radical (unpaired) electrons. The molecule has 0 saturated carbocycles. The Morgan fingerprint density at radius 1 is 1.31 bits per heavy atom. The molecule has 0 fully saturated rings. The second-order valence-electron chi connectivity index (χ2n) is 4.53. The maximum absolute atomic E-state index is 10.7. The first-order chi connectivity index (χ1) is 7.49. The van der Waals surface area contributed by atoms with Crippen LogP contribution < -0.4 is 5.73 Å². The maximum Gasteiger partial charge on any atom is 0.231 e. The van der Waals surface area contributed by atoms with Crippen LogP contribution in [0.4, 0.5) is 0 Å². The van der Waals surface area contributed by atoms with Crippen LogP contribution in [0.5, 0.6) is 0 Å². The van der Waals surface area contributed by atoms with E-state index in [9.17, 15) is 4.79 Å². The second kappa shape index (κ2) is 5.66. The predicted octanol–water partition coefficient (Wildman–Crippen LogP) is 1.73. The van der Waals surface area contributed by atoms with Crippen LogP contribution in [0.3, 0.4) is 0 Å². The minimum absolute atomic E-state index is 0.290. The molecule has 1 rings (SSSR count). The average Bonchev–Trinajstić information content (AvgIpc) is 2.16. The normalized spacial score (nSPS) is 11.1. The van der Waals surface area contributed by atoms with Crippen molar-refractivity contribution in [1.29, 1.82) is 0 Å². The van der Waals surface area contributed by atoms with Gasteiger partial charge in [-0.1, -0.05) is 38.1 Å². The van der Waals surface area contributed by atoms with Gasteiger partial charge < -0.3 is 5.73 Å². The van der Waals surface area contributed by atoms with Crippen LogP contribution >= 0.6 is 0 Å². The Bertz CT molecular complexity index is 343. The van der Waals surface area contributed by atoms with E-state index in [4.69, 9.17) is 5.73 Å². The highest BCUT2D eigenvalue weighted by Gasteiger charge is 2.04. The summed E-state index contributed by atoms with van der Waals surface area (Å²) in [6, 6.07) is 8.48. The van der Waals surface area contributed by atoms with Crippen LogP contribution in [0.2, 0.25) is 0 Å². The molecular weight excluding hydrogens is 200 g/mol. The molecule has 3 heteroatoms. The molecule has 3 nitrogen and oxygen atoms in total. The van der Waals surface area contributed by atoms with Gasteiger partial charge in [0.25, 0.3) is 0 Å². The highest BCUT2D eigenvalue weighted by molar-refractivity contribution is 5.75. The first kappa shape index (κ1) is 12.7. The van der Waals surface area contributed by atoms with E-state index >= 15 is 0 Å². The molecule has 16 heavy (non-hydrogen) atoms. The summed E-state index contributed by atoms with van der Waals surface area (Å²) < 4.78 is 0. The smallest absolute Gasteiger partial charge is 0.231 e. The lowest BCUT2D eigenvalue weighted by atomic mass is 10.0. The molecule has 0 aliphatic heterocycles. The van der Waals surface area contributed by atoms with Crippen LogP contribution in [-0.4, -0.2) is 24.4 Å². The Labute approximate surface area is 97.2 Å². The van der Waals surface area contributed by atoms with E-state index in [1.807, 2.05) is 11.9 Å². The summed E-state index contributed by atoms with van der Waals surface area (Å²) in [7, 11) is 1.89. The number of benzene rings is 1. The Hall–Kier alpha value is -1.35. The van der Waals surface area contributed by atoms with Crippen LogP contribution in [0, 0.1) is 0 Å². The number of likely N-dealkylation sites (N-methyl/N-ethyl adjacent to an activating group) is 1. The lowest BCUT2D eigenvalue weighted by molar-refractivity contribution is -0.118. The van der Waals surface area contributed by atoms with Crippen molar-refractivity contribution in [1.82, 2.24) is 4.90 Å². The monoisotopic (exact) mass is 220 g/mol. The van der Waals surface area contributed by atoms with E-state index in [2.05, 4.69) is 38.1 Å². The summed E-state index contributed by atoms with van der Waals surface area (Å²) in [6.45, 7) is 5.40. The van der Waals surface area contributed by atoms with E-state index in [0.717, 1.165) is 6.54 Å². The fourth-order valence-electron chi connectivity index (χ4n) is 1.64. The Morgan fingerprint density at radius 2 is 1.88 bits per heavy atom. The van der Waals surface area contributed by atoms with E-state index in [1.165, 1.54) is 11.1 Å². The average molecular weight is 220 g/mol. The van der Waals surface area contributed by atoms with Gasteiger partial charge in [-0.25, -0.2) is 0 Å². The fourth-order valence-corrected chi connectivity index (χ4v) is 1.64. The lowest BCUT2D eigenvalue weighted by Crippen LogP contribution is -2.30. The van der Waals surface area contributed by atoms with Crippen LogP contribution in [0.15, 0.2) is 24.3 Å². The predicted molar refractivity (Wildman–Crippen MR) is 66.1 cm³/mol. The van der Waals surface area contributed by atoms with E-state index in [1.54, 1.807) is 0 Å². The van der Waals surface area contributed by atoms with Gasteiger partial charge in [0.05, 0.1) is 6.54 Å². The highest BCUT2D eigenvalue weighted by atomic mass is 16.1. The number of rotatable bonds is 5. The molecule has 0 spiro atoms. The fraction of sp³-hybridized carbons (Fsp3) is 0.462. The van der Waals surface area contributed by atoms with Gasteiger partial charge in [0.15, 0.2) is 0 Å². The minimum atomic E-state index is -0.290. The number of hydrogen-bond donors (Lipinski definition) is 1. The SMILES string of the molecule is CC(C)c1ccc(CN(C)CC(N)=O)cc1. The molecule has 88 valence electrons. The van der Waals surface area contributed by atoms with Gasteiger partial charge in [-0.05, 0) is 24.1 Å². The van der Waals surface area contributed by atoms with Gasteiger partial charge in [0.1, 0.15) is 0 Å². The summed E-state index contributed by atoms with van der Waals surface area (Å²) in [5, 5.41) is 0. The van der Waals surface area contributed by atoms with Crippen molar-refractivity contribution in [3.05, 3.63) is 35.4 Å². The molecule has 2 N–H and O–H groups in total. The van der Waals surface area contributed by atoms with Crippen molar-refractivity contribution in [3.63, 3.8) is 0 Å². The summed E-state index contributed by atoms with van der Waals surface area (Å²) in [6.07, 6.45) is 0. The molecule has 0 aromatic heterocycles. The molecule has 1 aromatic rings. The van der Waals surface area contributed by atoms with E-state index in [-0.39, 0.29) is 5.91 Å². The number of primary amides is 1. The molecule has 0 heterocycles. The first-order valence-corrected chi connectivity index (χ1v) is 5.54. The zero-order chi connectivity index (χ0) is 12.1. The third-order valence-electron chi connectivity index (χ3n) is 2.52. The van der Waals surface area contributed by atoms with Gasteiger partial charge in [-0.3, -0.25) is 9.69 Å². The molecule has 0 bridgehead atoms. The van der Waals surface area contributed by atoms with Crippen molar-refractivity contribution in [3.8, 4) is 0 Å². The quantitative estimate of drug-likeness (QED) is 0.821. The van der Waals surface area contributed by atoms with Gasteiger partial charge in [-0.15, -0.1) is 0 Å². The summed E-state index contributed by atoms with van der Waals surface area (Å²) in [5.41, 5.74) is 7.67. The molecule has 1 amide bonds. The number of carbonyl (C=O) groups is 1. The Morgan fingerprint density at radius 3 is 2.31 bits per heavy atom. The molecule has 0 aliphatic carbocycles. The lowest BCUT2D eigenvalue weighted by Gasteiger charge is -2.15. The van der Waals surface area contributed by atoms with Gasteiger partial charge in [0.2, 0.25) is 5.91 Å². The molecule has 0 aliphatic rings. The van der Waals surface area contributed by atoms with Crippen molar-refractivity contribution in [2.24, 2.45) is 5.73 Å². The van der Waals surface area contributed by atoms with Crippen molar-refractivity contribution in [2.75, 3.05) is 13.6 Å². The van der Waals surface area contributed by atoms with Crippen LogP contribution in [-0.2, 0) is 11.3 Å². The summed E-state index contributed by atoms with van der Waals surface area (Å²) >= 11 is 0. The number of amides is 1. The topological polar surface area (TPSA) is 46.3 Å². The second-order valence-corrected chi connectivity index (χ2v) is 4.53. The van der Waals surface area contributed by atoms with E-state index < -0.39 is 0 Å². The number of hydrogen-bond acceptors (Lipinski definition) is 2. The molecule has 0 unspecified atom stereocenters. The number of nitrogens with two attached hydrogens (primary N) is 1. The maximum atomic E-state index is 10.7. The molecule has 1 aromatic carbocycles. The third-order valence-corrected chi connectivity index (χ3v) is 2.52. The first-order valence-electron chi connectivity index (χ1n) is 5.54. The zero-order valence-corrected chi connectivity index (χ0v) is 10.2. The van der Waals surface area contributed by atoms with Gasteiger partial charge >= 0.3 is 0 Å². The van der Waals surface area contributed by atoms with Gasteiger partial charge in [0, 0.05) is 6.54 Å². The van der Waals surface area contributed by atoms with Crippen molar-refractivity contribution < 1.29 is 4.79 Å². The van der Waals surface area contributed by atoms with Crippen molar-refractivity contribution >= 4 is 5.91 Å². The van der Waals surface area contributed by atoms with E-state index in [0.29, 0.717) is 12.5 Å². The zero-order valence-electron chi connectivity index (χ0n) is 10.2. The molecule has 0 saturated heterocycles. The largest absolute Gasteiger partial charge is 0.369 e. The van der Waals surface area contributed by atoms with Crippen LogP contribution in [0.25, 0.3) is 0 Å². The Balaban J connectivity index is 2.58. The molecular formula is C13H20N2O. The summed E-state index contributed by atoms with van der Waals surface area (Å²) in [4.78, 5) is 12.6. The van der Waals surface area contributed by atoms with Gasteiger partial charge in [-0.2, -0.15) is 0 Å². The highest BCUT2D eigenvalue weighted by Crippen LogP contribution is 2.15. The Kier molecular flexibility index (Phi) is 4.50. The standard InChI is InChI=1S/C13H20N2O/c1-10(2)12-6-4-11(5-7-12)8-15(3)9-13(14)16/h4-7,10H,8-9H2,1-3H3,(H2,14,16). The number of nitrogens with zero attached hydrogens (tertiary/aromatic N) is 1. The van der Waals surface area contributed by atoms with Crippen LogP contribution in [0.1, 0.15) is 30.9 Å². The molecule has 0 atom stereocenters. The minimum Gasteiger partial charge on any atom is -0.369 e. The van der Waals surface area contributed by atoms with Crippen molar-refractivity contribution in [2.45, 2.75) is 26.3 Å². The summed E-state index contributed by atoms with van der Waals surface area (Å²) in [5.74, 6) is 0.263. The number of carbonyl (C=O) groups excluding carboxylic acids is 1. The third kappa shape index (κ3) is 4.03.